The third-order valence-corrected chi connectivity index (χ3v) is 5.14. The first kappa shape index (κ1) is 12.9. The molecule has 0 aromatic carbocycles. The van der Waals surface area contributed by atoms with E-state index < -0.39 is 0 Å². The molecule has 0 radical (unpaired) electrons. The molecule has 2 bridgehead atoms. The lowest BCUT2D eigenvalue weighted by Gasteiger charge is -2.40. The molecule has 3 unspecified atom stereocenters. The van der Waals surface area contributed by atoms with Crippen molar-refractivity contribution in [2.24, 2.45) is 5.92 Å². The molecule has 2 fully saturated rings. The van der Waals surface area contributed by atoms with Crippen LogP contribution in [-0.2, 0) is 0 Å². The summed E-state index contributed by atoms with van der Waals surface area (Å²) < 4.78 is 0. The van der Waals surface area contributed by atoms with Crippen molar-refractivity contribution in [2.75, 3.05) is 19.8 Å². The van der Waals surface area contributed by atoms with Crippen LogP contribution in [0, 0.1) is 5.92 Å². The Bertz CT molecular complexity index is 434. The van der Waals surface area contributed by atoms with E-state index in [1.165, 1.54) is 31.2 Å². The number of nitrogen functional groups attached to an aromatic ring is 1. The van der Waals surface area contributed by atoms with Crippen LogP contribution in [0.1, 0.15) is 37.3 Å². The molecule has 19 heavy (non-hydrogen) atoms. The van der Waals surface area contributed by atoms with Gasteiger partial charge in [0, 0.05) is 41.8 Å². The fourth-order valence-corrected chi connectivity index (χ4v) is 4.05. The number of anilines is 1. The molecular formula is C15H24N4. The summed E-state index contributed by atoms with van der Waals surface area (Å²) in [5.41, 5.74) is 8.15. The molecule has 0 spiro atoms. The molecule has 1 aromatic heterocycles. The molecule has 4 heteroatoms. The maximum absolute atomic E-state index is 6.13. The average molecular weight is 260 g/mol. The number of hydrogen-bond donors (Lipinski definition) is 2. The first-order valence-electron chi connectivity index (χ1n) is 7.29. The van der Waals surface area contributed by atoms with Gasteiger partial charge in [-0.05, 0) is 51.8 Å². The van der Waals surface area contributed by atoms with E-state index in [0.717, 1.165) is 17.8 Å². The summed E-state index contributed by atoms with van der Waals surface area (Å²) in [6.45, 7) is 0. The second-order valence-corrected chi connectivity index (χ2v) is 6.05. The van der Waals surface area contributed by atoms with Crippen molar-refractivity contribution in [2.45, 2.75) is 43.8 Å². The summed E-state index contributed by atoms with van der Waals surface area (Å²) in [6.07, 6.45) is 8.95. The quantitative estimate of drug-likeness (QED) is 0.870. The van der Waals surface area contributed by atoms with Crippen molar-refractivity contribution in [1.82, 2.24) is 15.2 Å². The molecule has 2 aliphatic heterocycles. The highest BCUT2D eigenvalue weighted by Crippen LogP contribution is 2.43. The molecule has 4 nitrogen and oxygen atoms in total. The molecule has 3 N–H and O–H groups in total. The van der Waals surface area contributed by atoms with Crippen LogP contribution in [0.4, 0.5) is 5.69 Å². The topological polar surface area (TPSA) is 54.2 Å². The number of rotatable bonds is 3. The van der Waals surface area contributed by atoms with Crippen LogP contribution in [0.25, 0.3) is 0 Å². The lowest BCUT2D eigenvalue weighted by molar-refractivity contribution is 0.114. The Morgan fingerprint density at radius 3 is 2.63 bits per heavy atom. The minimum absolute atomic E-state index is 0.338. The Kier molecular flexibility index (Phi) is 3.46. The van der Waals surface area contributed by atoms with Crippen LogP contribution in [0.3, 0.4) is 0 Å². The molecule has 0 aliphatic carbocycles. The Balaban J connectivity index is 1.82. The van der Waals surface area contributed by atoms with Crippen LogP contribution in [0.2, 0.25) is 0 Å². The molecule has 0 saturated carbocycles. The fourth-order valence-electron chi connectivity index (χ4n) is 4.05. The van der Waals surface area contributed by atoms with Gasteiger partial charge >= 0.3 is 0 Å². The van der Waals surface area contributed by atoms with E-state index in [0.29, 0.717) is 12.0 Å². The maximum atomic E-state index is 6.13. The number of nitrogens with zero attached hydrogens (tertiary/aromatic N) is 2. The van der Waals surface area contributed by atoms with E-state index in [1.54, 1.807) is 6.20 Å². The van der Waals surface area contributed by atoms with Gasteiger partial charge in [0.1, 0.15) is 0 Å². The molecule has 2 saturated heterocycles. The van der Waals surface area contributed by atoms with Gasteiger partial charge in [-0.3, -0.25) is 4.98 Å². The summed E-state index contributed by atoms with van der Waals surface area (Å²) >= 11 is 0. The first-order valence-corrected chi connectivity index (χ1v) is 7.29. The average Bonchev–Trinajstić information content (AvgIpc) is 2.65. The van der Waals surface area contributed by atoms with Crippen LogP contribution < -0.4 is 11.1 Å². The summed E-state index contributed by atoms with van der Waals surface area (Å²) in [4.78, 5) is 6.83. The predicted octanol–water partition coefficient (Wildman–Crippen LogP) is 1.80. The minimum Gasteiger partial charge on any atom is -0.398 e. The smallest absolute Gasteiger partial charge is 0.0393 e. The first-order chi connectivity index (χ1) is 9.20. The highest BCUT2D eigenvalue weighted by molar-refractivity contribution is 5.46. The normalized spacial score (nSPS) is 32.4. The van der Waals surface area contributed by atoms with Crippen LogP contribution >= 0.6 is 0 Å². The van der Waals surface area contributed by atoms with Gasteiger partial charge in [0.25, 0.3) is 0 Å². The lowest BCUT2D eigenvalue weighted by atomic mass is 9.82. The lowest BCUT2D eigenvalue weighted by Crippen LogP contribution is -2.43. The maximum Gasteiger partial charge on any atom is 0.0393 e. The number of fused-ring (bicyclic) bond motifs is 2. The third kappa shape index (κ3) is 2.23. The predicted molar refractivity (Wildman–Crippen MR) is 77.7 cm³/mol. The zero-order valence-electron chi connectivity index (χ0n) is 11.8. The molecule has 3 heterocycles. The van der Waals surface area contributed by atoms with Gasteiger partial charge in [0.2, 0.25) is 0 Å². The third-order valence-electron chi connectivity index (χ3n) is 5.14. The van der Waals surface area contributed by atoms with E-state index in [9.17, 15) is 0 Å². The molecule has 3 rings (SSSR count). The van der Waals surface area contributed by atoms with E-state index >= 15 is 0 Å². The van der Waals surface area contributed by atoms with Gasteiger partial charge < -0.3 is 16.0 Å². The summed E-state index contributed by atoms with van der Waals surface area (Å²) in [7, 11) is 4.32. The van der Waals surface area contributed by atoms with Crippen molar-refractivity contribution < 1.29 is 0 Å². The molecule has 0 amide bonds. The Labute approximate surface area is 115 Å². The summed E-state index contributed by atoms with van der Waals surface area (Å²) in [6, 6.07) is 3.77. The van der Waals surface area contributed by atoms with Crippen molar-refractivity contribution in [3.05, 3.63) is 24.0 Å². The number of nitrogens with two attached hydrogens (primary N) is 1. The zero-order valence-corrected chi connectivity index (χ0v) is 11.8. The van der Waals surface area contributed by atoms with Crippen molar-refractivity contribution >= 4 is 5.69 Å². The molecule has 1 aromatic rings. The van der Waals surface area contributed by atoms with Crippen molar-refractivity contribution in [3.63, 3.8) is 0 Å². The number of aromatic nitrogens is 1. The van der Waals surface area contributed by atoms with Gasteiger partial charge in [-0.2, -0.15) is 0 Å². The molecule has 104 valence electrons. The van der Waals surface area contributed by atoms with Crippen molar-refractivity contribution in [1.29, 1.82) is 0 Å². The number of pyridine rings is 1. The van der Waals surface area contributed by atoms with Gasteiger partial charge in [-0.25, -0.2) is 0 Å². The highest BCUT2D eigenvalue weighted by atomic mass is 15.2. The Morgan fingerprint density at radius 2 is 2.05 bits per heavy atom. The highest BCUT2D eigenvalue weighted by Gasteiger charge is 2.41. The van der Waals surface area contributed by atoms with Gasteiger partial charge in [0.15, 0.2) is 0 Å². The van der Waals surface area contributed by atoms with E-state index in [-0.39, 0.29) is 0 Å². The van der Waals surface area contributed by atoms with E-state index in [4.69, 9.17) is 5.73 Å². The number of piperidine rings is 1. The molecular weight excluding hydrogens is 236 g/mol. The zero-order chi connectivity index (χ0) is 13.4. The Morgan fingerprint density at radius 1 is 1.37 bits per heavy atom. The number of hydrogen-bond acceptors (Lipinski definition) is 4. The fraction of sp³-hybridized carbons (Fsp3) is 0.667. The second-order valence-electron chi connectivity index (χ2n) is 6.05. The second kappa shape index (κ2) is 5.10. The number of nitrogens with one attached hydrogen (secondary N) is 1. The summed E-state index contributed by atoms with van der Waals surface area (Å²) in [5.74, 6) is 0.671. The largest absolute Gasteiger partial charge is 0.398 e. The van der Waals surface area contributed by atoms with Crippen LogP contribution in [-0.4, -0.2) is 36.1 Å². The summed E-state index contributed by atoms with van der Waals surface area (Å²) in [5, 5.41) is 3.47. The van der Waals surface area contributed by atoms with Crippen molar-refractivity contribution in [3.8, 4) is 0 Å². The molecule has 2 aliphatic rings. The van der Waals surface area contributed by atoms with Gasteiger partial charge in [-0.15, -0.1) is 0 Å². The van der Waals surface area contributed by atoms with Gasteiger partial charge in [-0.1, -0.05) is 0 Å². The van der Waals surface area contributed by atoms with Crippen LogP contribution in [0.5, 0.6) is 0 Å². The monoisotopic (exact) mass is 260 g/mol. The molecule has 3 atom stereocenters. The van der Waals surface area contributed by atoms with E-state index in [1.807, 2.05) is 19.3 Å². The standard InChI is InChI=1S/C15H24N4/c1-17-15(13-9-18-6-5-14(13)16)10-7-11-3-4-12(8-10)19(11)2/h5-6,9-12,15,17H,3-4,7-8H2,1-2H3,(H2,16,18). The minimum atomic E-state index is 0.338. The SMILES string of the molecule is CNC(c1cnccc1N)C1CC2CCC(C1)N2C. The van der Waals surface area contributed by atoms with Crippen LogP contribution in [0.15, 0.2) is 18.5 Å². The van der Waals surface area contributed by atoms with E-state index in [2.05, 4.69) is 22.2 Å². The van der Waals surface area contributed by atoms with Gasteiger partial charge in [0.05, 0.1) is 0 Å². The Hall–Kier alpha value is -1.13.